The lowest BCUT2D eigenvalue weighted by Crippen LogP contribution is -2.31. The van der Waals surface area contributed by atoms with Crippen molar-refractivity contribution in [2.24, 2.45) is 5.84 Å². The van der Waals surface area contributed by atoms with Gasteiger partial charge in [-0.1, -0.05) is 12.1 Å². The van der Waals surface area contributed by atoms with E-state index in [9.17, 15) is 4.39 Å². The summed E-state index contributed by atoms with van der Waals surface area (Å²) in [5.41, 5.74) is 3.91. The fourth-order valence-corrected chi connectivity index (χ4v) is 2.88. The van der Waals surface area contributed by atoms with Gasteiger partial charge in [0.15, 0.2) is 0 Å². The predicted molar refractivity (Wildman–Crippen MR) is 78.9 cm³/mol. The molecule has 2 aromatic rings. The molecule has 0 aliphatic rings. The molecule has 102 valence electrons. The molecule has 7 heteroatoms. The number of rotatable bonds is 4. The normalized spacial score (nSPS) is 12.7. The minimum Gasteiger partial charge on any atom is -0.271 e. The van der Waals surface area contributed by atoms with Crippen LogP contribution in [-0.4, -0.2) is 9.78 Å². The van der Waals surface area contributed by atoms with Crippen molar-refractivity contribution < 1.29 is 4.39 Å². The van der Waals surface area contributed by atoms with E-state index in [0.29, 0.717) is 16.6 Å². The summed E-state index contributed by atoms with van der Waals surface area (Å²) in [4.78, 5) is 0. The van der Waals surface area contributed by atoms with Crippen molar-refractivity contribution in [3.8, 4) is 0 Å². The zero-order valence-corrected chi connectivity index (χ0v) is 13.4. The highest BCUT2D eigenvalue weighted by atomic mass is 79.9. The Kier molecular flexibility index (Phi) is 4.72. The van der Waals surface area contributed by atoms with Crippen LogP contribution in [0.3, 0.4) is 0 Å². The third kappa shape index (κ3) is 2.74. The van der Waals surface area contributed by atoms with Crippen molar-refractivity contribution in [3.63, 3.8) is 0 Å². The molecule has 4 nitrogen and oxygen atoms in total. The van der Waals surface area contributed by atoms with Crippen LogP contribution in [0.15, 0.2) is 33.3 Å². The first-order valence-electron chi connectivity index (χ1n) is 5.71. The molecule has 19 heavy (non-hydrogen) atoms. The Bertz CT molecular complexity index is 585. The molecule has 0 saturated carbocycles. The van der Waals surface area contributed by atoms with Gasteiger partial charge in [0.1, 0.15) is 5.82 Å². The number of halogens is 3. The Morgan fingerprint density at radius 1 is 1.42 bits per heavy atom. The lowest BCUT2D eigenvalue weighted by molar-refractivity contribution is 0.513. The van der Waals surface area contributed by atoms with Gasteiger partial charge < -0.3 is 0 Å². The fraction of sp³-hybridized carbons (Fsp3) is 0.250. The van der Waals surface area contributed by atoms with Crippen LogP contribution in [0.2, 0.25) is 0 Å². The largest absolute Gasteiger partial charge is 0.271 e. The number of hydrogen-bond donors (Lipinski definition) is 2. The molecule has 1 unspecified atom stereocenters. The van der Waals surface area contributed by atoms with Crippen molar-refractivity contribution in [2.45, 2.75) is 19.5 Å². The topological polar surface area (TPSA) is 55.9 Å². The van der Waals surface area contributed by atoms with Crippen LogP contribution in [0, 0.1) is 5.82 Å². The van der Waals surface area contributed by atoms with Gasteiger partial charge in [0.2, 0.25) is 0 Å². The van der Waals surface area contributed by atoms with E-state index >= 15 is 0 Å². The first-order valence-corrected chi connectivity index (χ1v) is 7.30. The number of aryl methyl sites for hydroxylation is 1. The van der Waals surface area contributed by atoms with Crippen LogP contribution in [-0.2, 0) is 6.54 Å². The molecule has 0 amide bonds. The Morgan fingerprint density at radius 3 is 2.79 bits per heavy atom. The summed E-state index contributed by atoms with van der Waals surface area (Å²) in [5, 5.41) is 4.22. The van der Waals surface area contributed by atoms with E-state index in [0.717, 1.165) is 10.2 Å². The monoisotopic (exact) mass is 390 g/mol. The van der Waals surface area contributed by atoms with E-state index < -0.39 is 6.04 Å². The smallest absolute Gasteiger partial charge is 0.142 e. The first-order chi connectivity index (χ1) is 9.10. The molecule has 0 aliphatic heterocycles. The van der Waals surface area contributed by atoms with Crippen LogP contribution in [0.4, 0.5) is 4.39 Å². The third-order valence-corrected chi connectivity index (χ3v) is 4.09. The zero-order chi connectivity index (χ0) is 14.0. The molecule has 1 aromatic heterocycles. The van der Waals surface area contributed by atoms with Gasteiger partial charge in [-0.3, -0.25) is 10.5 Å². The van der Waals surface area contributed by atoms with Gasteiger partial charge in [-0.25, -0.2) is 9.82 Å². The summed E-state index contributed by atoms with van der Waals surface area (Å²) < 4.78 is 17.2. The van der Waals surface area contributed by atoms with Gasteiger partial charge in [0.25, 0.3) is 0 Å². The van der Waals surface area contributed by atoms with Crippen LogP contribution < -0.4 is 11.3 Å². The average molecular weight is 392 g/mol. The Hall–Kier alpha value is -0.760. The highest BCUT2D eigenvalue weighted by Crippen LogP contribution is 2.31. The van der Waals surface area contributed by atoms with Crippen LogP contribution >= 0.6 is 31.9 Å². The maximum atomic E-state index is 14.2. The maximum absolute atomic E-state index is 14.2. The number of hydrogen-bond acceptors (Lipinski definition) is 3. The molecule has 0 spiro atoms. The molecule has 0 saturated heterocycles. The number of nitrogens with two attached hydrogens (primary N) is 1. The molecule has 0 bridgehead atoms. The molecule has 0 fully saturated rings. The van der Waals surface area contributed by atoms with E-state index in [2.05, 4.69) is 42.4 Å². The average Bonchev–Trinajstić information content (AvgIpc) is 2.77. The van der Waals surface area contributed by atoms with Gasteiger partial charge in [0, 0.05) is 12.1 Å². The maximum Gasteiger partial charge on any atom is 0.142 e. The number of aromatic nitrogens is 2. The molecule has 2 rings (SSSR count). The summed E-state index contributed by atoms with van der Waals surface area (Å²) in [7, 11) is 0. The van der Waals surface area contributed by atoms with Crippen molar-refractivity contribution in [2.75, 3.05) is 0 Å². The first kappa shape index (κ1) is 14.6. The lowest BCUT2D eigenvalue weighted by atomic mass is 10.0. The van der Waals surface area contributed by atoms with E-state index in [-0.39, 0.29) is 5.82 Å². The highest BCUT2D eigenvalue weighted by molar-refractivity contribution is 9.10. The zero-order valence-electron chi connectivity index (χ0n) is 10.2. The fourth-order valence-electron chi connectivity index (χ4n) is 1.97. The van der Waals surface area contributed by atoms with E-state index in [1.165, 1.54) is 0 Å². The second kappa shape index (κ2) is 6.13. The van der Waals surface area contributed by atoms with E-state index in [1.54, 1.807) is 29.1 Å². The SMILES string of the molecule is CCn1ncc(Br)c1C(NN)c1cccc(Br)c1F. The van der Waals surface area contributed by atoms with Gasteiger partial charge in [-0.05, 0) is 44.8 Å². The van der Waals surface area contributed by atoms with Crippen molar-refractivity contribution in [3.05, 3.63) is 50.4 Å². The predicted octanol–water partition coefficient (Wildman–Crippen LogP) is 3.12. The number of nitrogens with zero attached hydrogens (tertiary/aromatic N) is 2. The Morgan fingerprint density at radius 2 is 2.16 bits per heavy atom. The van der Waals surface area contributed by atoms with Crippen LogP contribution in [0.5, 0.6) is 0 Å². The van der Waals surface area contributed by atoms with Gasteiger partial charge in [-0.2, -0.15) is 5.10 Å². The van der Waals surface area contributed by atoms with E-state index in [1.807, 2.05) is 6.92 Å². The number of benzene rings is 1. The van der Waals surface area contributed by atoms with Crippen molar-refractivity contribution in [1.29, 1.82) is 0 Å². The summed E-state index contributed by atoms with van der Waals surface area (Å²) >= 11 is 6.61. The van der Waals surface area contributed by atoms with Gasteiger partial charge in [0.05, 0.1) is 26.9 Å². The minimum atomic E-state index is -0.477. The van der Waals surface area contributed by atoms with Crippen molar-refractivity contribution in [1.82, 2.24) is 15.2 Å². The molecule has 1 atom stereocenters. The summed E-state index contributed by atoms with van der Waals surface area (Å²) in [5.74, 6) is 5.28. The van der Waals surface area contributed by atoms with Gasteiger partial charge >= 0.3 is 0 Å². The van der Waals surface area contributed by atoms with Crippen LogP contribution in [0.25, 0.3) is 0 Å². The molecule has 0 radical (unpaired) electrons. The highest BCUT2D eigenvalue weighted by Gasteiger charge is 2.23. The molecular formula is C12H13Br2FN4. The lowest BCUT2D eigenvalue weighted by Gasteiger charge is -2.19. The minimum absolute atomic E-state index is 0.332. The van der Waals surface area contributed by atoms with Crippen LogP contribution in [0.1, 0.15) is 24.2 Å². The third-order valence-electron chi connectivity index (χ3n) is 2.87. The molecule has 0 aliphatic carbocycles. The Labute approximate surface area is 127 Å². The van der Waals surface area contributed by atoms with Crippen molar-refractivity contribution >= 4 is 31.9 Å². The standard InChI is InChI=1S/C12H13Br2FN4/c1-2-19-12(9(14)6-17-19)11(18-16)7-4-3-5-8(13)10(7)15/h3-6,11,18H,2,16H2,1H3. The molecule has 1 aromatic carbocycles. The molecule has 3 N–H and O–H groups in total. The van der Waals surface area contributed by atoms with Gasteiger partial charge in [-0.15, -0.1) is 0 Å². The number of nitrogens with one attached hydrogen (secondary N) is 1. The summed E-state index contributed by atoms with van der Waals surface area (Å²) in [6.45, 7) is 2.64. The Balaban J connectivity index is 2.56. The molecule has 1 heterocycles. The number of hydrazine groups is 1. The molecular weight excluding hydrogens is 379 g/mol. The summed E-state index contributed by atoms with van der Waals surface area (Å²) in [6.07, 6.45) is 1.68. The van der Waals surface area contributed by atoms with E-state index in [4.69, 9.17) is 5.84 Å². The second-order valence-electron chi connectivity index (χ2n) is 3.94. The summed E-state index contributed by atoms with van der Waals surface area (Å²) in [6, 6.07) is 4.64. The second-order valence-corrected chi connectivity index (χ2v) is 5.64. The quantitative estimate of drug-likeness (QED) is 0.621.